The van der Waals surface area contributed by atoms with E-state index in [4.69, 9.17) is 18.5 Å². The molecule has 0 aliphatic carbocycles. The van der Waals surface area contributed by atoms with Crippen molar-refractivity contribution in [2.45, 2.75) is 50.4 Å². The van der Waals surface area contributed by atoms with E-state index in [9.17, 15) is 14.8 Å². The number of hydrogen-bond donors (Lipinski definition) is 2. The zero-order chi connectivity index (χ0) is 22.8. The van der Waals surface area contributed by atoms with Crippen molar-refractivity contribution in [2.24, 2.45) is 0 Å². The lowest BCUT2D eigenvalue weighted by molar-refractivity contribution is -0.316. The molecule has 10 heteroatoms. The highest BCUT2D eigenvalue weighted by molar-refractivity contribution is 7.55. The van der Waals surface area contributed by atoms with Gasteiger partial charge in [0, 0.05) is 0 Å². The first-order valence-electron chi connectivity index (χ1n) is 9.58. The molecule has 0 radical (unpaired) electrons. The minimum atomic E-state index is -5.44. The van der Waals surface area contributed by atoms with Crippen LogP contribution in [0.2, 0.25) is 0 Å². The second-order valence-electron chi connectivity index (χ2n) is 7.60. The molecule has 31 heavy (non-hydrogen) atoms. The highest BCUT2D eigenvalue weighted by Gasteiger charge is 2.71. The Morgan fingerprint density at radius 3 is 1.84 bits per heavy atom. The number of alkyl halides is 2. The van der Waals surface area contributed by atoms with Crippen LogP contribution in [-0.2, 0) is 36.3 Å². The van der Waals surface area contributed by atoms with Crippen LogP contribution >= 0.6 is 7.60 Å². The maximum Gasteiger partial charge on any atom is 0.406 e. The standard InChI is InChI=1S/C21H25F2O7P/c1-19(2)27-15-18(30-19)20(24,25)21(22,23)31(26,28-13-16-9-5-3-6-10-16)29-14-17-11-7-4-8-12-17/h3-12,18,24-25H,13-15H2,1-2H3/t18-/m0/s1. The third-order valence-corrected chi connectivity index (χ3v) is 6.69. The van der Waals surface area contributed by atoms with Crippen molar-refractivity contribution >= 4 is 7.60 Å². The second-order valence-corrected chi connectivity index (χ2v) is 9.67. The summed E-state index contributed by atoms with van der Waals surface area (Å²) in [5.74, 6) is -5.21. The highest BCUT2D eigenvalue weighted by Crippen LogP contribution is 2.67. The molecule has 1 saturated heterocycles. The molecule has 0 spiro atoms. The van der Waals surface area contributed by atoms with Gasteiger partial charge in [-0.2, -0.15) is 8.78 Å². The molecule has 3 rings (SSSR count). The lowest BCUT2D eigenvalue weighted by Gasteiger charge is -2.37. The smallest absolute Gasteiger partial charge is 0.358 e. The van der Waals surface area contributed by atoms with Gasteiger partial charge in [0.25, 0.3) is 5.79 Å². The molecule has 0 bridgehead atoms. The summed E-state index contributed by atoms with van der Waals surface area (Å²) in [7, 11) is -5.44. The Balaban J connectivity index is 1.88. The van der Waals surface area contributed by atoms with Gasteiger partial charge in [0.05, 0.1) is 19.8 Å². The fraction of sp³-hybridized carbons (Fsp3) is 0.429. The molecule has 0 saturated carbocycles. The molecule has 1 fully saturated rings. The molecular formula is C21H25F2O7P. The van der Waals surface area contributed by atoms with E-state index in [0.717, 1.165) is 0 Å². The van der Waals surface area contributed by atoms with E-state index in [-0.39, 0.29) is 0 Å². The van der Waals surface area contributed by atoms with E-state index in [1.165, 1.54) is 13.8 Å². The van der Waals surface area contributed by atoms with Gasteiger partial charge < -0.3 is 19.7 Å². The Kier molecular flexibility index (Phi) is 6.98. The van der Waals surface area contributed by atoms with Crippen molar-refractivity contribution in [3.63, 3.8) is 0 Å². The van der Waals surface area contributed by atoms with Crippen LogP contribution in [0.15, 0.2) is 60.7 Å². The first-order chi connectivity index (χ1) is 14.5. The van der Waals surface area contributed by atoms with Gasteiger partial charge in [-0.05, 0) is 25.0 Å². The van der Waals surface area contributed by atoms with Crippen molar-refractivity contribution in [3.8, 4) is 0 Å². The summed E-state index contributed by atoms with van der Waals surface area (Å²) < 4.78 is 64.6. The van der Waals surface area contributed by atoms with Crippen LogP contribution in [0, 0.1) is 0 Å². The molecule has 1 heterocycles. The first-order valence-corrected chi connectivity index (χ1v) is 11.1. The lowest BCUT2D eigenvalue weighted by Crippen LogP contribution is -2.58. The lowest BCUT2D eigenvalue weighted by atomic mass is 10.1. The Hall–Kier alpha value is -1.71. The van der Waals surface area contributed by atoms with Crippen LogP contribution in [0.3, 0.4) is 0 Å². The second kappa shape index (κ2) is 9.03. The van der Waals surface area contributed by atoms with Crippen LogP contribution in [0.1, 0.15) is 25.0 Å². The van der Waals surface area contributed by atoms with Crippen LogP contribution < -0.4 is 0 Å². The summed E-state index contributed by atoms with van der Waals surface area (Å²) in [6, 6.07) is 16.4. The fourth-order valence-corrected chi connectivity index (χ4v) is 4.53. The molecular weight excluding hydrogens is 433 g/mol. The SMILES string of the molecule is CC1(C)OC[C@@H](C(O)(O)C(F)(F)P(=O)(OCc2ccccc2)OCc2ccccc2)O1. The molecule has 0 amide bonds. The Morgan fingerprint density at radius 1 is 1.00 bits per heavy atom. The van der Waals surface area contributed by atoms with Crippen LogP contribution in [0.25, 0.3) is 0 Å². The summed E-state index contributed by atoms with van der Waals surface area (Å²) >= 11 is 0. The normalized spacial score (nSPS) is 19.5. The van der Waals surface area contributed by atoms with E-state index in [1.807, 2.05) is 0 Å². The van der Waals surface area contributed by atoms with Gasteiger partial charge in [-0.3, -0.25) is 13.6 Å². The summed E-state index contributed by atoms with van der Waals surface area (Å²) in [6.45, 7) is 1.32. The van der Waals surface area contributed by atoms with Gasteiger partial charge in [0.15, 0.2) is 5.79 Å². The van der Waals surface area contributed by atoms with E-state index >= 15 is 8.78 Å². The van der Waals surface area contributed by atoms with Gasteiger partial charge >= 0.3 is 13.3 Å². The molecule has 0 unspecified atom stereocenters. The summed E-state index contributed by atoms with van der Waals surface area (Å²) in [5, 5.41) is 20.7. The van der Waals surface area contributed by atoms with Crippen molar-refractivity contribution < 1.29 is 42.1 Å². The zero-order valence-electron chi connectivity index (χ0n) is 17.1. The molecule has 1 aliphatic rings. The number of rotatable bonds is 9. The maximum absolute atomic E-state index is 15.4. The van der Waals surface area contributed by atoms with Gasteiger partial charge in [-0.25, -0.2) is 0 Å². The molecule has 0 aromatic heterocycles. The third-order valence-electron chi connectivity index (χ3n) is 4.73. The average Bonchev–Trinajstić information content (AvgIpc) is 3.12. The number of benzene rings is 2. The van der Waals surface area contributed by atoms with Gasteiger partial charge in [-0.15, -0.1) is 0 Å². The van der Waals surface area contributed by atoms with Gasteiger partial charge in [0.2, 0.25) is 0 Å². The fourth-order valence-electron chi connectivity index (χ4n) is 2.95. The Morgan fingerprint density at radius 2 is 1.45 bits per heavy atom. The summed E-state index contributed by atoms with van der Waals surface area (Å²) in [4.78, 5) is 0. The maximum atomic E-state index is 15.4. The quantitative estimate of drug-likeness (QED) is 0.433. The first kappa shape index (κ1) is 23.9. The van der Waals surface area contributed by atoms with E-state index < -0.39 is 50.8 Å². The van der Waals surface area contributed by atoms with Crippen molar-refractivity contribution in [1.29, 1.82) is 0 Å². The third kappa shape index (κ3) is 5.21. The molecule has 1 atom stereocenters. The van der Waals surface area contributed by atoms with E-state index in [2.05, 4.69) is 0 Å². The number of hydrogen-bond acceptors (Lipinski definition) is 7. The highest BCUT2D eigenvalue weighted by atomic mass is 31.2. The van der Waals surface area contributed by atoms with Crippen LogP contribution in [0.5, 0.6) is 0 Å². The molecule has 170 valence electrons. The topological polar surface area (TPSA) is 94.5 Å². The molecule has 1 aliphatic heterocycles. The Labute approximate surface area is 179 Å². The van der Waals surface area contributed by atoms with Crippen molar-refractivity contribution in [2.75, 3.05) is 6.61 Å². The van der Waals surface area contributed by atoms with Crippen molar-refractivity contribution in [1.82, 2.24) is 0 Å². The summed E-state index contributed by atoms with van der Waals surface area (Å²) in [6.07, 6.45) is -1.88. The molecule has 2 aromatic carbocycles. The molecule has 2 N–H and O–H groups in total. The average molecular weight is 458 g/mol. The van der Waals surface area contributed by atoms with E-state index in [1.54, 1.807) is 60.7 Å². The number of halogens is 2. The summed E-state index contributed by atoms with van der Waals surface area (Å²) in [5.41, 5.74) is -3.84. The van der Waals surface area contributed by atoms with E-state index in [0.29, 0.717) is 11.1 Å². The minimum absolute atomic E-state index is 0.449. The van der Waals surface area contributed by atoms with Crippen LogP contribution in [-0.4, -0.2) is 40.2 Å². The van der Waals surface area contributed by atoms with Crippen molar-refractivity contribution in [3.05, 3.63) is 71.8 Å². The largest absolute Gasteiger partial charge is 0.406 e. The minimum Gasteiger partial charge on any atom is -0.358 e. The van der Waals surface area contributed by atoms with Gasteiger partial charge in [0.1, 0.15) is 6.10 Å². The number of ether oxygens (including phenoxy) is 2. The Bertz CT molecular complexity index is 859. The van der Waals surface area contributed by atoms with Gasteiger partial charge in [-0.1, -0.05) is 60.7 Å². The predicted octanol–water partition coefficient (Wildman–Crippen LogP) is 4.04. The number of aliphatic hydroxyl groups is 2. The molecule has 2 aromatic rings. The molecule has 7 nitrogen and oxygen atoms in total. The van der Waals surface area contributed by atoms with Crippen LogP contribution in [0.4, 0.5) is 8.78 Å². The zero-order valence-corrected chi connectivity index (χ0v) is 18.0. The monoisotopic (exact) mass is 458 g/mol. The predicted molar refractivity (Wildman–Crippen MR) is 107 cm³/mol.